The van der Waals surface area contributed by atoms with Crippen LogP contribution in [0.5, 0.6) is 0 Å². The van der Waals surface area contributed by atoms with Gasteiger partial charge in [-0.3, -0.25) is 14.0 Å². The van der Waals surface area contributed by atoms with Gasteiger partial charge in [-0.1, -0.05) is 19.1 Å². The van der Waals surface area contributed by atoms with Gasteiger partial charge in [0.15, 0.2) is 0 Å². The summed E-state index contributed by atoms with van der Waals surface area (Å²) in [5.41, 5.74) is 1.09. The fourth-order valence-corrected chi connectivity index (χ4v) is 3.41. The second kappa shape index (κ2) is 8.19. The molecule has 0 aliphatic carbocycles. The molecular weight excluding hydrogens is 423 g/mol. The van der Waals surface area contributed by atoms with Gasteiger partial charge in [-0.05, 0) is 24.1 Å². The number of rotatable bonds is 5. The van der Waals surface area contributed by atoms with Crippen LogP contribution in [0.2, 0.25) is 0 Å². The summed E-state index contributed by atoms with van der Waals surface area (Å²) in [6.45, 7) is 1.99. The summed E-state index contributed by atoms with van der Waals surface area (Å²) < 4.78 is 41.9. The maximum absolute atomic E-state index is 13.2. The first-order valence-corrected chi connectivity index (χ1v) is 9.85. The van der Waals surface area contributed by atoms with Crippen molar-refractivity contribution in [2.75, 3.05) is 6.61 Å². The Bertz CT molecular complexity index is 1330. The van der Waals surface area contributed by atoms with Crippen molar-refractivity contribution in [3.63, 3.8) is 0 Å². The van der Waals surface area contributed by atoms with E-state index in [-0.39, 0.29) is 30.0 Å². The van der Waals surface area contributed by atoms with E-state index < -0.39 is 11.7 Å². The van der Waals surface area contributed by atoms with Gasteiger partial charge in [0.25, 0.3) is 5.56 Å². The van der Waals surface area contributed by atoms with E-state index in [9.17, 15) is 23.1 Å². The fourth-order valence-electron chi connectivity index (χ4n) is 3.41. The minimum atomic E-state index is -4.45. The van der Waals surface area contributed by atoms with E-state index in [1.54, 1.807) is 31.0 Å². The molecule has 10 heteroatoms. The molecule has 0 bridgehead atoms. The van der Waals surface area contributed by atoms with Crippen LogP contribution in [0, 0.1) is 5.92 Å². The number of pyridine rings is 1. The van der Waals surface area contributed by atoms with Gasteiger partial charge in [0.05, 0.1) is 29.2 Å². The molecule has 1 atom stereocenters. The number of aromatic nitrogens is 5. The highest BCUT2D eigenvalue weighted by Crippen LogP contribution is 2.32. The summed E-state index contributed by atoms with van der Waals surface area (Å²) in [6, 6.07) is 6.15. The molecule has 0 radical (unpaired) electrons. The first-order chi connectivity index (χ1) is 15.2. The Kier molecular flexibility index (Phi) is 5.55. The van der Waals surface area contributed by atoms with Gasteiger partial charge in [-0.15, -0.1) is 0 Å². The Labute approximate surface area is 180 Å². The quantitative estimate of drug-likeness (QED) is 0.510. The molecule has 0 aliphatic heterocycles. The Balaban J connectivity index is 1.93. The first kappa shape index (κ1) is 21.7. The maximum atomic E-state index is 13.2. The van der Waals surface area contributed by atoms with Crippen molar-refractivity contribution in [1.29, 1.82) is 0 Å². The highest BCUT2D eigenvalue weighted by atomic mass is 19.4. The summed E-state index contributed by atoms with van der Waals surface area (Å²) in [5, 5.41) is 13.8. The zero-order valence-electron chi connectivity index (χ0n) is 17.3. The molecule has 7 nitrogen and oxygen atoms in total. The molecule has 4 aromatic rings. The lowest BCUT2D eigenvalue weighted by Gasteiger charge is -2.13. The van der Waals surface area contributed by atoms with E-state index in [1.165, 1.54) is 29.1 Å². The number of alkyl halides is 3. The number of aliphatic hydroxyl groups excluding tert-OH is 1. The van der Waals surface area contributed by atoms with Crippen molar-refractivity contribution in [2.24, 2.45) is 13.0 Å². The highest BCUT2D eigenvalue weighted by Gasteiger charge is 2.30. The lowest BCUT2D eigenvalue weighted by molar-refractivity contribution is -0.137. The molecule has 166 valence electrons. The molecule has 0 amide bonds. The topological polar surface area (TPSA) is 85.8 Å². The molecule has 32 heavy (non-hydrogen) atoms. The SMILES string of the molecule is C[C@@H](CO)Cn1cnc2c(-c3cnn(C)c3)nc(-c3ccc(C(F)(F)F)cc3)cc2c1=O. The van der Waals surface area contributed by atoms with Crippen LogP contribution in [0.25, 0.3) is 33.4 Å². The molecule has 0 spiro atoms. The monoisotopic (exact) mass is 443 g/mol. The second-order valence-corrected chi connectivity index (χ2v) is 7.72. The van der Waals surface area contributed by atoms with Gasteiger partial charge >= 0.3 is 6.18 Å². The number of hydrogen-bond donors (Lipinski definition) is 1. The Hall–Kier alpha value is -3.53. The van der Waals surface area contributed by atoms with Crippen molar-refractivity contribution in [3.05, 3.63) is 65.0 Å². The maximum Gasteiger partial charge on any atom is 0.416 e. The number of benzene rings is 1. The number of hydrogen-bond acceptors (Lipinski definition) is 5. The van der Waals surface area contributed by atoms with E-state index in [0.29, 0.717) is 28.0 Å². The molecule has 0 fully saturated rings. The summed E-state index contributed by atoms with van der Waals surface area (Å²) >= 11 is 0. The molecule has 0 saturated heterocycles. The summed E-state index contributed by atoms with van der Waals surface area (Å²) in [7, 11) is 1.74. The third-order valence-corrected chi connectivity index (χ3v) is 5.12. The van der Waals surface area contributed by atoms with Crippen LogP contribution in [0.3, 0.4) is 0 Å². The van der Waals surface area contributed by atoms with Crippen molar-refractivity contribution < 1.29 is 18.3 Å². The molecule has 1 N–H and O–H groups in total. The van der Waals surface area contributed by atoms with Crippen LogP contribution in [0.15, 0.2) is 53.8 Å². The third-order valence-electron chi connectivity index (χ3n) is 5.12. The van der Waals surface area contributed by atoms with Crippen LogP contribution >= 0.6 is 0 Å². The van der Waals surface area contributed by atoms with Crippen LogP contribution in [-0.2, 0) is 19.8 Å². The van der Waals surface area contributed by atoms with Crippen LogP contribution < -0.4 is 5.56 Å². The number of halogens is 3. The molecule has 0 aliphatic rings. The average molecular weight is 443 g/mol. The average Bonchev–Trinajstić information content (AvgIpc) is 3.20. The standard InChI is InChI=1S/C22H20F3N5O2/c1-13(11-31)9-30-12-26-20-17(21(30)32)7-18(28-19(20)15-8-27-29(2)10-15)14-3-5-16(6-4-14)22(23,24)25/h3-8,10,12-13,31H,9,11H2,1-2H3/t13-/m1/s1. The lowest BCUT2D eigenvalue weighted by atomic mass is 10.0. The number of fused-ring (bicyclic) bond motifs is 1. The molecule has 4 rings (SSSR count). The smallest absolute Gasteiger partial charge is 0.396 e. The summed E-state index contributed by atoms with van der Waals surface area (Å²) in [6.07, 6.45) is 0.270. The van der Waals surface area contributed by atoms with E-state index in [2.05, 4.69) is 15.1 Å². The Morgan fingerprint density at radius 2 is 1.88 bits per heavy atom. The summed E-state index contributed by atoms with van der Waals surface area (Å²) in [4.78, 5) is 22.2. The summed E-state index contributed by atoms with van der Waals surface area (Å²) in [5.74, 6) is -0.152. The molecule has 3 aromatic heterocycles. The van der Waals surface area contributed by atoms with Gasteiger partial charge < -0.3 is 5.11 Å². The van der Waals surface area contributed by atoms with Gasteiger partial charge in [0.2, 0.25) is 0 Å². The molecular formula is C22H20F3N5O2. The zero-order valence-corrected chi connectivity index (χ0v) is 17.3. The van der Waals surface area contributed by atoms with E-state index in [1.807, 2.05) is 0 Å². The van der Waals surface area contributed by atoms with Crippen LogP contribution in [-0.4, -0.2) is 36.0 Å². The number of nitrogens with zero attached hydrogens (tertiary/aromatic N) is 5. The van der Waals surface area contributed by atoms with E-state index in [4.69, 9.17) is 0 Å². The van der Waals surface area contributed by atoms with Crippen molar-refractivity contribution in [3.8, 4) is 22.5 Å². The van der Waals surface area contributed by atoms with Crippen LogP contribution in [0.1, 0.15) is 12.5 Å². The molecule has 0 unspecified atom stereocenters. The van der Waals surface area contributed by atoms with Gasteiger partial charge in [0, 0.05) is 37.5 Å². The molecule has 0 saturated carbocycles. The highest BCUT2D eigenvalue weighted by molar-refractivity contribution is 5.93. The third kappa shape index (κ3) is 4.13. The lowest BCUT2D eigenvalue weighted by Crippen LogP contribution is -2.25. The Morgan fingerprint density at radius 1 is 1.16 bits per heavy atom. The second-order valence-electron chi connectivity index (χ2n) is 7.72. The van der Waals surface area contributed by atoms with Gasteiger partial charge in [-0.25, -0.2) is 9.97 Å². The normalized spacial score (nSPS) is 12.9. The fraction of sp³-hybridized carbons (Fsp3) is 0.273. The molecule has 3 heterocycles. The minimum Gasteiger partial charge on any atom is -0.396 e. The van der Waals surface area contributed by atoms with Gasteiger partial charge in [-0.2, -0.15) is 18.3 Å². The number of aryl methyl sites for hydroxylation is 1. The van der Waals surface area contributed by atoms with Crippen molar-refractivity contribution >= 4 is 10.9 Å². The van der Waals surface area contributed by atoms with E-state index in [0.717, 1.165) is 12.1 Å². The van der Waals surface area contributed by atoms with Crippen molar-refractivity contribution in [2.45, 2.75) is 19.6 Å². The van der Waals surface area contributed by atoms with Gasteiger partial charge in [0.1, 0.15) is 11.2 Å². The van der Waals surface area contributed by atoms with E-state index >= 15 is 0 Å². The minimum absolute atomic E-state index is 0.0848. The van der Waals surface area contributed by atoms with Crippen LogP contribution in [0.4, 0.5) is 13.2 Å². The van der Waals surface area contributed by atoms with Crippen molar-refractivity contribution in [1.82, 2.24) is 24.3 Å². The predicted molar refractivity (Wildman–Crippen MR) is 113 cm³/mol. The number of aliphatic hydroxyl groups is 1. The zero-order chi connectivity index (χ0) is 23.0. The first-order valence-electron chi connectivity index (χ1n) is 9.85. The molecule has 1 aromatic carbocycles. The largest absolute Gasteiger partial charge is 0.416 e. The Morgan fingerprint density at radius 3 is 2.47 bits per heavy atom. The predicted octanol–water partition coefficient (Wildman–Crippen LogP) is 3.51.